The van der Waals surface area contributed by atoms with Gasteiger partial charge in [-0.05, 0) is 0 Å². The normalized spacial score (nSPS) is 11.1. The number of aromatic nitrogens is 2. The molecular formula is C9H10F3N3O4S. The summed E-state index contributed by atoms with van der Waals surface area (Å²) < 4.78 is 46.1. The van der Waals surface area contributed by atoms with Crippen LogP contribution in [0.15, 0.2) is 0 Å². The zero-order valence-corrected chi connectivity index (χ0v) is 11.2. The van der Waals surface area contributed by atoms with E-state index in [9.17, 15) is 22.8 Å². The van der Waals surface area contributed by atoms with Crippen LogP contribution in [0.4, 0.5) is 18.3 Å². The number of carbonyl (C=O) groups is 2. The molecule has 0 fully saturated rings. The lowest BCUT2D eigenvalue weighted by molar-refractivity contribution is -0.140. The number of nitrogens with zero attached hydrogens (tertiary/aromatic N) is 3. The number of hydrogen-bond donors (Lipinski definition) is 0. The number of halogens is 3. The summed E-state index contributed by atoms with van der Waals surface area (Å²) in [5, 5.41) is 4.89. The molecule has 11 heteroatoms. The maximum absolute atomic E-state index is 12.4. The summed E-state index contributed by atoms with van der Waals surface area (Å²) in [6.45, 7) is -0.893. The van der Waals surface area contributed by atoms with Crippen LogP contribution in [-0.2, 0) is 25.2 Å². The maximum Gasteiger partial charge on any atom is 0.445 e. The van der Waals surface area contributed by atoms with Crippen molar-refractivity contribution in [2.75, 3.05) is 32.2 Å². The summed E-state index contributed by atoms with van der Waals surface area (Å²) in [5.74, 6) is -1.48. The molecule has 0 unspecified atom stereocenters. The number of alkyl halides is 3. The largest absolute Gasteiger partial charge is 0.468 e. The first-order valence-electron chi connectivity index (χ1n) is 5.07. The fourth-order valence-electron chi connectivity index (χ4n) is 1.09. The van der Waals surface area contributed by atoms with Gasteiger partial charge in [-0.25, -0.2) is 0 Å². The van der Waals surface area contributed by atoms with E-state index in [2.05, 4.69) is 19.7 Å². The molecule has 1 aromatic heterocycles. The first kappa shape index (κ1) is 16.1. The maximum atomic E-state index is 12.4. The van der Waals surface area contributed by atoms with Gasteiger partial charge < -0.3 is 14.4 Å². The minimum atomic E-state index is -4.64. The highest BCUT2D eigenvalue weighted by Gasteiger charge is 2.36. The molecule has 0 amide bonds. The van der Waals surface area contributed by atoms with E-state index in [4.69, 9.17) is 0 Å². The average molecular weight is 313 g/mol. The summed E-state index contributed by atoms with van der Waals surface area (Å²) in [6, 6.07) is 0. The molecule has 0 aliphatic rings. The Hall–Kier alpha value is -1.91. The molecule has 0 N–H and O–H groups in total. The first-order valence-corrected chi connectivity index (χ1v) is 5.89. The van der Waals surface area contributed by atoms with Gasteiger partial charge in [0.15, 0.2) is 0 Å². The third kappa shape index (κ3) is 4.33. The molecule has 0 atom stereocenters. The van der Waals surface area contributed by atoms with Crippen LogP contribution in [0.1, 0.15) is 5.01 Å². The fraction of sp³-hybridized carbons (Fsp3) is 0.556. The van der Waals surface area contributed by atoms with E-state index in [1.807, 2.05) is 0 Å². The summed E-state index contributed by atoms with van der Waals surface area (Å²) >= 11 is 0.216. The monoisotopic (exact) mass is 313 g/mol. The van der Waals surface area contributed by atoms with Crippen molar-refractivity contribution >= 4 is 28.4 Å². The minimum absolute atomic E-state index is 0.216. The predicted octanol–water partition coefficient (Wildman–Crippen LogP) is 0.709. The zero-order chi connectivity index (χ0) is 15.3. The van der Waals surface area contributed by atoms with Crippen LogP contribution in [0.2, 0.25) is 0 Å². The van der Waals surface area contributed by atoms with Gasteiger partial charge in [0.2, 0.25) is 10.1 Å². The lowest BCUT2D eigenvalue weighted by Gasteiger charge is -2.17. The predicted molar refractivity (Wildman–Crippen MR) is 61.2 cm³/mol. The second-order valence-electron chi connectivity index (χ2n) is 3.40. The third-order valence-electron chi connectivity index (χ3n) is 2.02. The number of hydrogen-bond acceptors (Lipinski definition) is 8. The van der Waals surface area contributed by atoms with Crippen molar-refractivity contribution in [1.29, 1.82) is 0 Å². The van der Waals surface area contributed by atoms with E-state index in [0.29, 0.717) is 0 Å². The number of esters is 2. The molecule has 0 aliphatic heterocycles. The molecule has 7 nitrogen and oxygen atoms in total. The Morgan fingerprint density at radius 1 is 1.15 bits per heavy atom. The molecule has 0 bridgehead atoms. The molecule has 20 heavy (non-hydrogen) atoms. The average Bonchev–Trinajstić information content (AvgIpc) is 2.86. The van der Waals surface area contributed by atoms with Crippen LogP contribution < -0.4 is 4.90 Å². The van der Waals surface area contributed by atoms with Crippen molar-refractivity contribution in [2.24, 2.45) is 0 Å². The van der Waals surface area contributed by atoms with Crippen LogP contribution in [-0.4, -0.2) is 49.4 Å². The Labute approximate surface area is 115 Å². The van der Waals surface area contributed by atoms with E-state index >= 15 is 0 Å². The van der Waals surface area contributed by atoms with Gasteiger partial charge >= 0.3 is 18.1 Å². The molecule has 0 aliphatic carbocycles. The lowest BCUT2D eigenvalue weighted by atomic mass is 10.5. The second kappa shape index (κ2) is 6.50. The molecule has 112 valence electrons. The SMILES string of the molecule is COC(=O)CN(CC(=O)OC)c1nnc(C(F)(F)F)s1. The number of anilines is 1. The van der Waals surface area contributed by atoms with Crippen LogP contribution in [0.5, 0.6) is 0 Å². The van der Waals surface area contributed by atoms with Gasteiger partial charge in [0, 0.05) is 0 Å². The molecule has 0 aromatic carbocycles. The quantitative estimate of drug-likeness (QED) is 0.740. The number of ether oxygens (including phenoxy) is 2. The van der Waals surface area contributed by atoms with Crippen molar-refractivity contribution in [3.8, 4) is 0 Å². The molecule has 1 aromatic rings. The zero-order valence-electron chi connectivity index (χ0n) is 10.4. The third-order valence-corrected chi connectivity index (χ3v) is 3.05. The van der Waals surface area contributed by atoms with Gasteiger partial charge in [-0.2, -0.15) is 13.2 Å². The van der Waals surface area contributed by atoms with Crippen molar-refractivity contribution in [1.82, 2.24) is 10.2 Å². The Morgan fingerprint density at radius 3 is 2.00 bits per heavy atom. The molecule has 1 heterocycles. The van der Waals surface area contributed by atoms with Crippen molar-refractivity contribution in [3.05, 3.63) is 5.01 Å². The Morgan fingerprint density at radius 2 is 1.65 bits per heavy atom. The van der Waals surface area contributed by atoms with Gasteiger partial charge in [-0.3, -0.25) is 9.59 Å². The summed E-state index contributed by atoms with van der Waals surface area (Å²) in [5.41, 5.74) is 0. The fourth-order valence-corrected chi connectivity index (χ4v) is 1.80. The van der Waals surface area contributed by atoms with E-state index in [1.165, 1.54) is 0 Å². The number of rotatable bonds is 5. The summed E-state index contributed by atoms with van der Waals surface area (Å²) in [7, 11) is 2.22. The Balaban J connectivity index is 2.94. The highest BCUT2D eigenvalue weighted by molar-refractivity contribution is 7.15. The van der Waals surface area contributed by atoms with Crippen LogP contribution in [0.25, 0.3) is 0 Å². The highest BCUT2D eigenvalue weighted by Crippen LogP contribution is 2.34. The Kier molecular flexibility index (Phi) is 5.25. The minimum Gasteiger partial charge on any atom is -0.468 e. The molecule has 0 radical (unpaired) electrons. The number of carbonyl (C=O) groups excluding carboxylic acids is 2. The van der Waals surface area contributed by atoms with Gasteiger partial charge in [0.25, 0.3) is 0 Å². The smallest absolute Gasteiger partial charge is 0.445 e. The molecular weight excluding hydrogens is 303 g/mol. The van der Waals surface area contributed by atoms with Gasteiger partial charge in [-0.15, -0.1) is 10.2 Å². The summed E-state index contributed by atoms with van der Waals surface area (Å²) in [6.07, 6.45) is -4.64. The van der Waals surface area contributed by atoms with E-state index in [-0.39, 0.29) is 16.5 Å². The second-order valence-corrected chi connectivity index (χ2v) is 4.35. The van der Waals surface area contributed by atoms with E-state index in [1.54, 1.807) is 0 Å². The van der Waals surface area contributed by atoms with E-state index in [0.717, 1.165) is 19.1 Å². The number of methoxy groups -OCH3 is 2. The van der Waals surface area contributed by atoms with Crippen LogP contribution in [0.3, 0.4) is 0 Å². The van der Waals surface area contributed by atoms with Gasteiger partial charge in [0.05, 0.1) is 14.2 Å². The van der Waals surface area contributed by atoms with Crippen molar-refractivity contribution in [3.63, 3.8) is 0 Å². The first-order chi connectivity index (χ1) is 9.27. The van der Waals surface area contributed by atoms with Crippen molar-refractivity contribution < 1.29 is 32.2 Å². The van der Waals surface area contributed by atoms with Crippen LogP contribution >= 0.6 is 11.3 Å². The van der Waals surface area contributed by atoms with E-state index < -0.39 is 36.2 Å². The molecule has 0 saturated heterocycles. The Bertz CT molecular complexity index is 473. The van der Waals surface area contributed by atoms with Gasteiger partial charge in [0.1, 0.15) is 13.1 Å². The highest BCUT2D eigenvalue weighted by atomic mass is 32.1. The lowest BCUT2D eigenvalue weighted by Crippen LogP contribution is -2.35. The molecule has 0 saturated carbocycles. The molecule has 1 rings (SSSR count). The topological polar surface area (TPSA) is 81.6 Å². The van der Waals surface area contributed by atoms with Crippen LogP contribution in [0, 0.1) is 0 Å². The van der Waals surface area contributed by atoms with Gasteiger partial charge in [-0.1, -0.05) is 11.3 Å². The molecule has 0 spiro atoms. The van der Waals surface area contributed by atoms with Crippen molar-refractivity contribution in [2.45, 2.75) is 6.18 Å². The standard InChI is InChI=1S/C9H10F3N3O4S/c1-18-5(16)3-15(4-6(17)19-2)8-14-13-7(20-8)9(10,11)12/h3-4H2,1-2H3. The summed E-state index contributed by atoms with van der Waals surface area (Å²) in [4.78, 5) is 23.4.